The van der Waals surface area contributed by atoms with Crippen LogP contribution in [0.5, 0.6) is 0 Å². The maximum Gasteiger partial charge on any atom is 0.0471 e. The summed E-state index contributed by atoms with van der Waals surface area (Å²) in [6, 6.07) is 0.707. The van der Waals surface area contributed by atoms with Crippen LogP contribution >= 0.6 is 0 Å². The van der Waals surface area contributed by atoms with Crippen LogP contribution in [0, 0.1) is 5.41 Å². The lowest BCUT2D eigenvalue weighted by Gasteiger charge is -2.37. The lowest BCUT2D eigenvalue weighted by atomic mass is 9.82. The molecule has 0 aromatic heterocycles. The molecule has 1 N–H and O–H groups in total. The van der Waals surface area contributed by atoms with E-state index in [0.29, 0.717) is 11.5 Å². The fourth-order valence-corrected chi connectivity index (χ4v) is 2.76. The summed E-state index contributed by atoms with van der Waals surface area (Å²) in [5.74, 6) is 0. The van der Waals surface area contributed by atoms with E-state index in [1.54, 1.807) is 0 Å². The van der Waals surface area contributed by atoms with Crippen LogP contribution in [0.2, 0.25) is 0 Å². The summed E-state index contributed by atoms with van der Waals surface area (Å²) in [6.45, 7) is 7.94. The Morgan fingerprint density at radius 2 is 2.12 bits per heavy atom. The average molecular weight is 226 g/mol. The first kappa shape index (κ1) is 12.3. The summed E-state index contributed by atoms with van der Waals surface area (Å²) in [4.78, 5) is 2.44. The molecular formula is C13H26N2O. The predicted octanol–water partition coefficient (Wildman–Crippen LogP) is 1.49. The van der Waals surface area contributed by atoms with Crippen molar-refractivity contribution in [2.75, 3.05) is 39.9 Å². The van der Waals surface area contributed by atoms with Gasteiger partial charge in [0.2, 0.25) is 0 Å². The van der Waals surface area contributed by atoms with Crippen LogP contribution < -0.4 is 5.32 Å². The Morgan fingerprint density at radius 3 is 2.81 bits per heavy atom. The van der Waals surface area contributed by atoms with Crippen LogP contribution in [-0.4, -0.2) is 50.8 Å². The molecule has 1 atom stereocenters. The summed E-state index contributed by atoms with van der Waals surface area (Å²) in [6.07, 6.45) is 5.11. The van der Waals surface area contributed by atoms with Crippen LogP contribution in [0.15, 0.2) is 0 Å². The van der Waals surface area contributed by atoms with Gasteiger partial charge >= 0.3 is 0 Å². The average Bonchev–Trinajstić information content (AvgIpc) is 2.28. The van der Waals surface area contributed by atoms with Gasteiger partial charge in [-0.1, -0.05) is 6.92 Å². The number of piperidine rings is 1. The number of rotatable bonds is 3. The molecule has 1 unspecified atom stereocenters. The van der Waals surface area contributed by atoms with Gasteiger partial charge in [-0.2, -0.15) is 0 Å². The molecule has 3 heteroatoms. The van der Waals surface area contributed by atoms with Crippen molar-refractivity contribution >= 4 is 0 Å². The number of nitrogens with one attached hydrogen (secondary N) is 1. The van der Waals surface area contributed by atoms with Crippen LogP contribution in [0.3, 0.4) is 0 Å². The SMILES string of the molecule is CN1CCCC(NCC2(C)CCOCC2)C1. The Kier molecular flexibility index (Phi) is 4.22. The van der Waals surface area contributed by atoms with Crippen LogP contribution in [0.4, 0.5) is 0 Å². The molecular weight excluding hydrogens is 200 g/mol. The Morgan fingerprint density at radius 1 is 1.38 bits per heavy atom. The van der Waals surface area contributed by atoms with Crippen molar-refractivity contribution in [3.63, 3.8) is 0 Å². The quantitative estimate of drug-likeness (QED) is 0.789. The minimum atomic E-state index is 0.467. The number of nitrogens with zero attached hydrogens (tertiary/aromatic N) is 1. The second kappa shape index (κ2) is 5.48. The molecule has 0 radical (unpaired) electrons. The smallest absolute Gasteiger partial charge is 0.0471 e. The van der Waals surface area contributed by atoms with E-state index in [1.165, 1.54) is 38.8 Å². The van der Waals surface area contributed by atoms with Crippen molar-refractivity contribution in [1.82, 2.24) is 10.2 Å². The largest absolute Gasteiger partial charge is 0.381 e. The molecule has 2 aliphatic rings. The summed E-state index contributed by atoms with van der Waals surface area (Å²) < 4.78 is 5.44. The van der Waals surface area contributed by atoms with Gasteiger partial charge in [-0.05, 0) is 44.7 Å². The first-order chi connectivity index (χ1) is 7.68. The zero-order chi connectivity index (χ0) is 11.4. The van der Waals surface area contributed by atoms with Crippen molar-refractivity contribution in [2.24, 2.45) is 5.41 Å². The minimum absolute atomic E-state index is 0.467. The van der Waals surface area contributed by atoms with E-state index < -0.39 is 0 Å². The van der Waals surface area contributed by atoms with Gasteiger partial charge in [0.1, 0.15) is 0 Å². The molecule has 2 rings (SSSR count). The fourth-order valence-electron chi connectivity index (χ4n) is 2.76. The Bertz CT molecular complexity index is 214. The molecule has 16 heavy (non-hydrogen) atoms. The molecule has 2 aliphatic heterocycles. The third-order valence-corrected chi connectivity index (χ3v) is 4.14. The third-order valence-electron chi connectivity index (χ3n) is 4.14. The van der Waals surface area contributed by atoms with E-state index in [9.17, 15) is 0 Å². The Hall–Kier alpha value is -0.120. The van der Waals surface area contributed by atoms with Gasteiger partial charge in [0.15, 0.2) is 0 Å². The monoisotopic (exact) mass is 226 g/mol. The first-order valence-electron chi connectivity index (χ1n) is 6.68. The number of likely N-dealkylation sites (N-methyl/N-ethyl adjacent to an activating group) is 1. The first-order valence-corrected chi connectivity index (χ1v) is 6.68. The highest BCUT2D eigenvalue weighted by atomic mass is 16.5. The Labute approximate surface area is 99.5 Å². The maximum atomic E-state index is 5.44. The fraction of sp³-hybridized carbons (Fsp3) is 1.00. The topological polar surface area (TPSA) is 24.5 Å². The highest BCUT2D eigenvalue weighted by Gasteiger charge is 2.28. The summed E-state index contributed by atoms with van der Waals surface area (Å²) in [7, 11) is 2.23. The van der Waals surface area contributed by atoms with Crippen molar-refractivity contribution in [1.29, 1.82) is 0 Å². The molecule has 0 aromatic rings. The molecule has 0 spiro atoms. The lowest BCUT2D eigenvalue weighted by molar-refractivity contribution is 0.0216. The van der Waals surface area contributed by atoms with Gasteiger partial charge in [0.25, 0.3) is 0 Å². The van der Waals surface area contributed by atoms with E-state index >= 15 is 0 Å². The summed E-state index contributed by atoms with van der Waals surface area (Å²) >= 11 is 0. The van der Waals surface area contributed by atoms with Gasteiger partial charge in [0.05, 0.1) is 0 Å². The maximum absolute atomic E-state index is 5.44. The van der Waals surface area contributed by atoms with E-state index in [0.717, 1.165) is 19.8 Å². The van der Waals surface area contributed by atoms with Crippen LogP contribution in [-0.2, 0) is 4.74 Å². The van der Waals surface area contributed by atoms with Crippen molar-refractivity contribution in [3.05, 3.63) is 0 Å². The highest BCUT2D eigenvalue weighted by molar-refractivity contribution is 4.83. The second-order valence-electron chi connectivity index (χ2n) is 5.91. The van der Waals surface area contributed by atoms with Gasteiger partial charge in [0, 0.05) is 32.3 Å². The summed E-state index contributed by atoms with van der Waals surface area (Å²) in [5.41, 5.74) is 0.467. The van der Waals surface area contributed by atoms with E-state index in [1.807, 2.05) is 0 Å². The van der Waals surface area contributed by atoms with Crippen LogP contribution in [0.25, 0.3) is 0 Å². The number of hydrogen-bond acceptors (Lipinski definition) is 3. The minimum Gasteiger partial charge on any atom is -0.381 e. The zero-order valence-corrected chi connectivity index (χ0v) is 10.8. The van der Waals surface area contributed by atoms with E-state index in [-0.39, 0.29) is 0 Å². The number of ether oxygens (including phenoxy) is 1. The van der Waals surface area contributed by atoms with Gasteiger partial charge in [-0.15, -0.1) is 0 Å². The Balaban J connectivity index is 1.73. The molecule has 3 nitrogen and oxygen atoms in total. The molecule has 2 saturated heterocycles. The molecule has 2 heterocycles. The molecule has 0 amide bonds. The lowest BCUT2D eigenvalue weighted by Crippen LogP contribution is -2.48. The van der Waals surface area contributed by atoms with Gasteiger partial charge in [-0.3, -0.25) is 0 Å². The molecule has 0 saturated carbocycles. The van der Waals surface area contributed by atoms with Gasteiger partial charge < -0.3 is 15.0 Å². The molecule has 94 valence electrons. The number of likely N-dealkylation sites (tertiary alicyclic amines) is 1. The molecule has 0 aliphatic carbocycles. The molecule has 0 bridgehead atoms. The molecule has 2 fully saturated rings. The van der Waals surface area contributed by atoms with E-state index in [4.69, 9.17) is 4.74 Å². The number of hydrogen-bond donors (Lipinski definition) is 1. The van der Waals surface area contributed by atoms with Crippen molar-refractivity contribution in [2.45, 2.75) is 38.6 Å². The standard InChI is InChI=1S/C13H26N2O/c1-13(5-8-16-9-6-13)11-14-12-4-3-7-15(2)10-12/h12,14H,3-11H2,1-2H3. The predicted molar refractivity (Wildman–Crippen MR) is 66.7 cm³/mol. The van der Waals surface area contributed by atoms with Gasteiger partial charge in [-0.25, -0.2) is 0 Å². The van der Waals surface area contributed by atoms with Crippen molar-refractivity contribution in [3.8, 4) is 0 Å². The zero-order valence-electron chi connectivity index (χ0n) is 10.8. The normalized spacial score (nSPS) is 31.5. The second-order valence-corrected chi connectivity index (χ2v) is 5.91. The highest BCUT2D eigenvalue weighted by Crippen LogP contribution is 2.29. The molecule has 0 aromatic carbocycles. The van der Waals surface area contributed by atoms with Crippen molar-refractivity contribution < 1.29 is 4.74 Å². The summed E-state index contributed by atoms with van der Waals surface area (Å²) in [5, 5.41) is 3.76. The van der Waals surface area contributed by atoms with E-state index in [2.05, 4.69) is 24.2 Å². The van der Waals surface area contributed by atoms with Crippen LogP contribution in [0.1, 0.15) is 32.6 Å². The third kappa shape index (κ3) is 3.44.